The molecule has 2 saturated heterocycles. The van der Waals surface area contributed by atoms with Crippen LogP contribution in [-0.4, -0.2) is 57.7 Å². The quantitative estimate of drug-likeness (QED) is 0.149. The zero-order valence-corrected chi connectivity index (χ0v) is 22.9. The topological polar surface area (TPSA) is 99.7 Å². The molecule has 2 atom stereocenters. The summed E-state index contributed by atoms with van der Waals surface area (Å²) in [5.74, 6) is -0.541. The first kappa shape index (κ1) is 25.3. The summed E-state index contributed by atoms with van der Waals surface area (Å²) in [6, 6.07) is 17.2. The molecule has 3 heterocycles. The number of alkyl halides is 1. The van der Waals surface area contributed by atoms with Gasteiger partial charge in [0.25, 0.3) is 0 Å². The van der Waals surface area contributed by atoms with Crippen molar-refractivity contribution in [2.75, 3.05) is 13.1 Å². The van der Waals surface area contributed by atoms with Crippen molar-refractivity contribution in [1.29, 1.82) is 0 Å². The number of rotatable bonds is 6. The van der Waals surface area contributed by atoms with E-state index in [4.69, 9.17) is 0 Å². The monoisotopic (exact) mass is 612 g/mol. The van der Waals surface area contributed by atoms with Crippen molar-refractivity contribution in [2.45, 2.75) is 36.8 Å². The molecule has 2 aliphatic rings. The second-order valence-electron chi connectivity index (χ2n) is 9.66. The molecule has 0 spiro atoms. The molecule has 2 aliphatic heterocycles. The van der Waals surface area contributed by atoms with Crippen LogP contribution < -0.4 is 5.32 Å². The van der Waals surface area contributed by atoms with Crippen molar-refractivity contribution in [2.24, 2.45) is 5.92 Å². The molecule has 1 N–H and O–H groups in total. The third-order valence-electron chi connectivity index (χ3n) is 6.57. The van der Waals surface area contributed by atoms with Gasteiger partial charge in [0, 0.05) is 0 Å². The number of pyridine rings is 1. The molecular weight excluding hydrogens is 583 g/mol. The van der Waals surface area contributed by atoms with Crippen LogP contribution in [0, 0.1) is 5.92 Å². The Morgan fingerprint density at radius 2 is 1.84 bits per heavy atom. The molecular formula is C28H29IN4O4. The van der Waals surface area contributed by atoms with E-state index < -0.39 is 26.1 Å². The van der Waals surface area contributed by atoms with Crippen LogP contribution in [0.2, 0.25) is 0 Å². The summed E-state index contributed by atoms with van der Waals surface area (Å²) in [5, 5.41) is 3.79. The van der Waals surface area contributed by atoms with Gasteiger partial charge < -0.3 is 0 Å². The molecule has 0 aliphatic carbocycles. The number of benzene rings is 2. The predicted octanol–water partition coefficient (Wildman–Crippen LogP) is 4.04. The molecule has 0 unspecified atom stereocenters. The number of carbonyl (C=O) groups excluding carboxylic acids is 4. The summed E-state index contributed by atoms with van der Waals surface area (Å²) in [4.78, 5) is 59.2. The molecule has 2 fully saturated rings. The summed E-state index contributed by atoms with van der Waals surface area (Å²) in [6.07, 6.45) is 2.76. The number of hydrogen-bond acceptors (Lipinski definition) is 5. The van der Waals surface area contributed by atoms with Crippen LogP contribution in [0.1, 0.15) is 47.4 Å². The number of hydrogen-bond donors (Lipinski definition) is 1. The number of nitrogens with zero attached hydrogens (tertiary/aromatic N) is 3. The van der Waals surface area contributed by atoms with Gasteiger partial charge >= 0.3 is 224 Å². The van der Waals surface area contributed by atoms with Crippen molar-refractivity contribution in [3.05, 3.63) is 78.0 Å². The van der Waals surface area contributed by atoms with Gasteiger partial charge in [0.1, 0.15) is 0 Å². The summed E-state index contributed by atoms with van der Waals surface area (Å²) in [5.41, 5.74) is 1.79. The van der Waals surface area contributed by atoms with E-state index in [9.17, 15) is 19.2 Å². The molecule has 8 nitrogen and oxygen atoms in total. The molecule has 1 aromatic heterocycles. The van der Waals surface area contributed by atoms with Crippen LogP contribution in [0.25, 0.3) is 10.9 Å². The van der Waals surface area contributed by atoms with Crippen LogP contribution in [0.4, 0.5) is 0 Å². The van der Waals surface area contributed by atoms with Gasteiger partial charge in [-0.2, -0.15) is 0 Å². The maximum absolute atomic E-state index is 13.8. The standard InChI is InChI=1S/C28H29IN4O4/c1-18(2)15-23(31-26(35)21-10-11-22-20(16-21)9-6-13-30-22)28(37)33-14-12-24-29(33)25(34)17-32(24)27(36)19-7-4-3-5-8-19/h3-11,13,16,18,23-24H,12,14-15,17H2,1-2H3,(H,31,35)/t23-,24+/m0/s1. The summed E-state index contributed by atoms with van der Waals surface area (Å²) < 4.78 is 1.55. The molecule has 0 bridgehead atoms. The average Bonchev–Trinajstić information content (AvgIpc) is 3.48. The second kappa shape index (κ2) is 10.6. The molecule has 5 rings (SSSR count). The fourth-order valence-corrected chi connectivity index (χ4v) is 11.4. The Balaban J connectivity index is 1.34. The molecule has 2 aromatic carbocycles. The molecule has 0 radical (unpaired) electrons. The van der Waals surface area contributed by atoms with Gasteiger partial charge in [-0.15, -0.1) is 0 Å². The zero-order chi connectivity index (χ0) is 26.1. The van der Waals surface area contributed by atoms with Gasteiger partial charge in [-0.3, -0.25) is 0 Å². The first-order valence-corrected chi connectivity index (χ1v) is 15.7. The van der Waals surface area contributed by atoms with Gasteiger partial charge in [-0.25, -0.2) is 0 Å². The van der Waals surface area contributed by atoms with Crippen LogP contribution in [-0.2, 0) is 9.59 Å². The van der Waals surface area contributed by atoms with Crippen LogP contribution in [0.3, 0.4) is 0 Å². The Labute approximate surface area is 223 Å². The van der Waals surface area contributed by atoms with Gasteiger partial charge in [0.2, 0.25) is 0 Å². The summed E-state index contributed by atoms with van der Waals surface area (Å²) in [7, 11) is 0. The Morgan fingerprint density at radius 3 is 2.59 bits per heavy atom. The van der Waals surface area contributed by atoms with Crippen molar-refractivity contribution in [3.63, 3.8) is 0 Å². The van der Waals surface area contributed by atoms with Gasteiger partial charge in [-0.1, -0.05) is 0 Å². The van der Waals surface area contributed by atoms with Crippen molar-refractivity contribution in [3.8, 4) is 0 Å². The van der Waals surface area contributed by atoms with E-state index in [1.54, 1.807) is 56.7 Å². The third kappa shape index (κ3) is 5.09. The first-order valence-electron chi connectivity index (χ1n) is 12.4. The van der Waals surface area contributed by atoms with Crippen molar-refractivity contribution >= 4 is 52.5 Å². The average molecular weight is 612 g/mol. The molecule has 9 heteroatoms. The van der Waals surface area contributed by atoms with Gasteiger partial charge in [-0.05, 0) is 0 Å². The number of halogens is 1. The number of carbonyl (C=O) groups is 4. The molecule has 3 aromatic rings. The van der Waals surface area contributed by atoms with E-state index >= 15 is 0 Å². The van der Waals surface area contributed by atoms with E-state index in [1.807, 2.05) is 32.0 Å². The first-order chi connectivity index (χ1) is 17.8. The number of nitrogens with one attached hydrogen (secondary N) is 1. The number of fused-ring (bicyclic) bond motifs is 2. The minimum atomic E-state index is -2.63. The molecule has 37 heavy (non-hydrogen) atoms. The van der Waals surface area contributed by atoms with E-state index in [0.29, 0.717) is 30.5 Å². The Bertz CT molecular complexity index is 1360. The summed E-state index contributed by atoms with van der Waals surface area (Å²) >= 11 is -2.63. The van der Waals surface area contributed by atoms with E-state index in [0.717, 1.165) is 10.9 Å². The molecule has 3 amide bonds. The van der Waals surface area contributed by atoms with Gasteiger partial charge in [0.05, 0.1) is 0 Å². The van der Waals surface area contributed by atoms with Crippen molar-refractivity contribution in [1.82, 2.24) is 18.3 Å². The maximum atomic E-state index is 13.8. The predicted molar refractivity (Wildman–Crippen MR) is 149 cm³/mol. The van der Waals surface area contributed by atoms with Crippen LogP contribution in [0.5, 0.6) is 0 Å². The Kier molecular flexibility index (Phi) is 7.23. The number of amides is 3. The normalized spacial score (nSPS) is 18.8. The van der Waals surface area contributed by atoms with E-state index in [1.165, 1.54) is 0 Å². The van der Waals surface area contributed by atoms with Crippen LogP contribution >= 0.6 is 20.1 Å². The third-order valence-corrected chi connectivity index (χ3v) is 13.0. The van der Waals surface area contributed by atoms with Crippen LogP contribution in [0.15, 0.2) is 66.9 Å². The fraction of sp³-hybridized carbons (Fsp3) is 0.321. The minimum absolute atomic E-state index is 0.0148. The van der Waals surface area contributed by atoms with Gasteiger partial charge in [0.15, 0.2) is 0 Å². The Morgan fingerprint density at radius 1 is 1.05 bits per heavy atom. The molecule has 192 valence electrons. The van der Waals surface area contributed by atoms with E-state index in [2.05, 4.69) is 10.3 Å². The fourth-order valence-electron chi connectivity index (χ4n) is 4.83. The second-order valence-corrected chi connectivity index (χ2v) is 15.1. The SMILES string of the molecule is CC(C)C[C@H](NC(=O)c1ccc2ncccc2c1)C(=O)N1CC[C@H]2N(C(=O)c3ccccc3)CC(=O)I21. The zero-order valence-electron chi connectivity index (χ0n) is 20.8. The van der Waals surface area contributed by atoms with Crippen molar-refractivity contribution < 1.29 is 19.2 Å². The Hall–Kier alpha value is -3.34. The van der Waals surface area contributed by atoms with E-state index in [-0.39, 0.29) is 38.0 Å². The summed E-state index contributed by atoms with van der Waals surface area (Å²) in [6.45, 7) is 4.49. The number of aromatic nitrogens is 1. The molecule has 0 saturated carbocycles.